The lowest BCUT2D eigenvalue weighted by atomic mass is 10.1. The van der Waals surface area contributed by atoms with Crippen molar-refractivity contribution in [2.45, 2.75) is 13.8 Å². The Morgan fingerprint density at radius 3 is 2.32 bits per heavy atom. The second-order valence-corrected chi connectivity index (χ2v) is 6.41. The number of benzene rings is 2. The number of anilines is 2. The topological polar surface area (TPSA) is 59.4 Å². The second-order valence-electron chi connectivity index (χ2n) is 6.41. The zero-order valence-corrected chi connectivity index (χ0v) is 14.6. The number of hydrogen-bond acceptors (Lipinski definition) is 3. The van der Waals surface area contributed by atoms with E-state index in [0.29, 0.717) is 18.7 Å². The van der Waals surface area contributed by atoms with Crippen LogP contribution in [0.2, 0.25) is 0 Å². The number of carbonyl (C=O) groups is 1. The Balaban J connectivity index is 1.62. The summed E-state index contributed by atoms with van der Waals surface area (Å²) < 4.78 is 0. The fourth-order valence-corrected chi connectivity index (χ4v) is 3.24. The van der Waals surface area contributed by atoms with Crippen molar-refractivity contribution in [2.75, 3.05) is 36.4 Å². The van der Waals surface area contributed by atoms with Gasteiger partial charge >= 0.3 is 6.03 Å². The molecule has 0 aliphatic carbocycles. The molecule has 1 fully saturated rings. The number of carbonyl (C=O) groups excluding carboxylic acids is 1. The molecule has 2 aromatic rings. The Hall–Kier alpha value is -3.00. The highest BCUT2D eigenvalue weighted by Gasteiger charge is 2.22. The lowest BCUT2D eigenvalue weighted by Crippen LogP contribution is -2.50. The molecular formula is C20H22N4O. The van der Waals surface area contributed by atoms with E-state index < -0.39 is 0 Å². The van der Waals surface area contributed by atoms with Gasteiger partial charge in [0.15, 0.2) is 0 Å². The average Bonchev–Trinajstić information content (AvgIpc) is 2.61. The van der Waals surface area contributed by atoms with E-state index in [1.54, 1.807) is 0 Å². The fourth-order valence-electron chi connectivity index (χ4n) is 3.24. The molecular weight excluding hydrogens is 312 g/mol. The highest BCUT2D eigenvalue weighted by molar-refractivity contribution is 5.89. The van der Waals surface area contributed by atoms with Gasteiger partial charge < -0.3 is 15.1 Å². The maximum Gasteiger partial charge on any atom is 0.321 e. The number of amides is 2. The third kappa shape index (κ3) is 3.92. The number of nitrogens with one attached hydrogen (secondary N) is 1. The minimum Gasteiger partial charge on any atom is -0.367 e. The molecule has 0 aromatic heterocycles. The maximum atomic E-state index is 12.5. The summed E-state index contributed by atoms with van der Waals surface area (Å²) in [5, 5.41) is 12.2. The van der Waals surface area contributed by atoms with Crippen LogP contribution in [0.4, 0.5) is 16.2 Å². The summed E-state index contributed by atoms with van der Waals surface area (Å²) in [5.41, 5.74) is 4.72. The van der Waals surface area contributed by atoms with E-state index in [0.717, 1.165) is 35.6 Å². The molecule has 25 heavy (non-hydrogen) atoms. The molecule has 2 aromatic carbocycles. The second kappa shape index (κ2) is 7.27. The smallest absolute Gasteiger partial charge is 0.321 e. The van der Waals surface area contributed by atoms with Gasteiger partial charge in [-0.05, 0) is 49.2 Å². The van der Waals surface area contributed by atoms with Crippen LogP contribution in [0.5, 0.6) is 0 Å². The van der Waals surface area contributed by atoms with E-state index in [1.807, 2.05) is 55.1 Å². The largest absolute Gasteiger partial charge is 0.367 e. The third-order valence-corrected chi connectivity index (χ3v) is 4.41. The maximum absolute atomic E-state index is 12.5. The van der Waals surface area contributed by atoms with Crippen molar-refractivity contribution in [1.82, 2.24) is 4.90 Å². The van der Waals surface area contributed by atoms with Crippen LogP contribution in [0.25, 0.3) is 0 Å². The van der Waals surface area contributed by atoms with Crippen molar-refractivity contribution in [1.29, 1.82) is 5.26 Å². The first-order valence-electron chi connectivity index (χ1n) is 8.45. The lowest BCUT2D eigenvalue weighted by Gasteiger charge is -2.36. The van der Waals surface area contributed by atoms with Gasteiger partial charge in [-0.2, -0.15) is 5.26 Å². The number of nitrogens with zero attached hydrogens (tertiary/aromatic N) is 3. The number of hydrogen-bond donors (Lipinski definition) is 1. The summed E-state index contributed by atoms with van der Waals surface area (Å²) in [6, 6.07) is 15.8. The Kier molecular flexibility index (Phi) is 4.90. The third-order valence-electron chi connectivity index (χ3n) is 4.41. The van der Waals surface area contributed by atoms with E-state index in [4.69, 9.17) is 0 Å². The molecule has 1 heterocycles. The van der Waals surface area contributed by atoms with Crippen molar-refractivity contribution in [3.63, 3.8) is 0 Å². The summed E-state index contributed by atoms with van der Waals surface area (Å²) in [7, 11) is 0. The van der Waals surface area contributed by atoms with Crippen molar-refractivity contribution in [3.8, 4) is 6.07 Å². The predicted molar refractivity (Wildman–Crippen MR) is 99.9 cm³/mol. The number of piperazine rings is 1. The van der Waals surface area contributed by atoms with Crippen LogP contribution in [0, 0.1) is 25.2 Å². The number of rotatable bonds is 2. The minimum atomic E-state index is -0.0711. The van der Waals surface area contributed by atoms with E-state index in [1.165, 1.54) is 0 Å². The molecule has 3 rings (SSSR count). The van der Waals surface area contributed by atoms with Gasteiger partial charge in [-0.15, -0.1) is 0 Å². The van der Waals surface area contributed by atoms with Crippen LogP contribution >= 0.6 is 0 Å². The molecule has 0 bridgehead atoms. The SMILES string of the molecule is Cc1cc(C)cc(NC(=O)N2CCN(c3ccccc3C#N)CC2)c1. The fraction of sp³-hybridized carbons (Fsp3) is 0.300. The Bertz CT molecular complexity index is 796. The predicted octanol–water partition coefficient (Wildman–Crippen LogP) is 3.53. The Morgan fingerprint density at radius 2 is 1.68 bits per heavy atom. The zero-order valence-electron chi connectivity index (χ0n) is 14.6. The summed E-state index contributed by atoms with van der Waals surface area (Å²) in [5.74, 6) is 0. The quantitative estimate of drug-likeness (QED) is 0.914. The highest BCUT2D eigenvalue weighted by atomic mass is 16.2. The van der Waals surface area contributed by atoms with Crippen molar-refractivity contribution >= 4 is 17.4 Å². The van der Waals surface area contributed by atoms with Gasteiger partial charge in [0, 0.05) is 31.9 Å². The minimum absolute atomic E-state index is 0.0711. The van der Waals surface area contributed by atoms with Crippen LogP contribution in [-0.2, 0) is 0 Å². The average molecular weight is 334 g/mol. The van der Waals surface area contributed by atoms with Gasteiger partial charge in [0.2, 0.25) is 0 Å². The van der Waals surface area contributed by atoms with Gasteiger partial charge in [0.1, 0.15) is 6.07 Å². The molecule has 128 valence electrons. The van der Waals surface area contributed by atoms with Crippen molar-refractivity contribution in [2.24, 2.45) is 0 Å². The summed E-state index contributed by atoms with van der Waals surface area (Å²) in [6.07, 6.45) is 0. The first-order chi connectivity index (χ1) is 12.1. The summed E-state index contributed by atoms with van der Waals surface area (Å²) >= 11 is 0. The molecule has 2 amide bonds. The zero-order chi connectivity index (χ0) is 17.8. The van der Waals surface area contributed by atoms with E-state index in [2.05, 4.69) is 22.4 Å². The number of aryl methyl sites for hydroxylation is 2. The molecule has 0 atom stereocenters. The van der Waals surface area contributed by atoms with Gasteiger partial charge in [0.25, 0.3) is 0 Å². The first kappa shape index (κ1) is 16.8. The molecule has 0 spiro atoms. The van der Waals surface area contributed by atoms with Gasteiger partial charge in [0.05, 0.1) is 11.3 Å². The van der Waals surface area contributed by atoms with E-state index in [-0.39, 0.29) is 6.03 Å². The number of nitriles is 1. The van der Waals surface area contributed by atoms with E-state index in [9.17, 15) is 10.1 Å². The molecule has 0 saturated carbocycles. The lowest BCUT2D eigenvalue weighted by molar-refractivity contribution is 0.208. The molecule has 1 N–H and O–H groups in total. The highest BCUT2D eigenvalue weighted by Crippen LogP contribution is 2.21. The van der Waals surface area contributed by atoms with E-state index >= 15 is 0 Å². The molecule has 5 heteroatoms. The van der Waals surface area contributed by atoms with Gasteiger partial charge in [-0.3, -0.25) is 0 Å². The molecule has 1 aliphatic heterocycles. The number of para-hydroxylation sites is 1. The monoisotopic (exact) mass is 334 g/mol. The molecule has 0 unspecified atom stereocenters. The van der Waals surface area contributed by atoms with Crippen molar-refractivity contribution in [3.05, 3.63) is 59.2 Å². The van der Waals surface area contributed by atoms with Crippen LogP contribution in [0.15, 0.2) is 42.5 Å². The van der Waals surface area contributed by atoms with Gasteiger partial charge in [-0.25, -0.2) is 4.79 Å². The summed E-state index contributed by atoms with van der Waals surface area (Å²) in [6.45, 7) is 6.76. The molecule has 0 radical (unpaired) electrons. The van der Waals surface area contributed by atoms with Crippen molar-refractivity contribution < 1.29 is 4.79 Å². The van der Waals surface area contributed by atoms with Crippen LogP contribution < -0.4 is 10.2 Å². The molecule has 1 saturated heterocycles. The van der Waals surface area contributed by atoms with Gasteiger partial charge in [-0.1, -0.05) is 18.2 Å². The Morgan fingerprint density at radius 1 is 1.04 bits per heavy atom. The van der Waals surface area contributed by atoms with Crippen LogP contribution in [0.3, 0.4) is 0 Å². The summed E-state index contributed by atoms with van der Waals surface area (Å²) in [4.78, 5) is 16.5. The normalized spacial score (nSPS) is 14.1. The standard InChI is InChI=1S/C20H22N4O/c1-15-11-16(2)13-18(12-15)22-20(25)24-9-7-23(8-10-24)19-6-4-3-5-17(19)14-21/h3-6,11-13H,7-10H2,1-2H3,(H,22,25). The molecule has 5 nitrogen and oxygen atoms in total. The van der Waals surface area contributed by atoms with Crippen LogP contribution in [0.1, 0.15) is 16.7 Å². The first-order valence-corrected chi connectivity index (χ1v) is 8.45. The van der Waals surface area contributed by atoms with Crippen LogP contribution in [-0.4, -0.2) is 37.1 Å². The number of urea groups is 1. The Labute approximate surface area is 148 Å². The molecule has 1 aliphatic rings.